The fourth-order valence-electron chi connectivity index (χ4n) is 3.55. The van der Waals surface area contributed by atoms with Gasteiger partial charge >= 0.3 is 0 Å². The predicted octanol–water partition coefficient (Wildman–Crippen LogP) is 5.75. The van der Waals surface area contributed by atoms with Gasteiger partial charge in [-0.3, -0.25) is 9.59 Å². The number of halogens is 2. The zero-order valence-electron chi connectivity index (χ0n) is 18.5. The fourth-order valence-corrected chi connectivity index (χ4v) is 3.91. The van der Waals surface area contributed by atoms with Crippen LogP contribution in [0.25, 0.3) is 22.2 Å². The first-order valence-electron chi connectivity index (χ1n) is 10.5. The number of alkyl halides is 1. The lowest BCUT2D eigenvalue weighted by Crippen LogP contribution is -2.14. The Hall–Kier alpha value is -4.12. The summed E-state index contributed by atoms with van der Waals surface area (Å²) in [5, 5.41) is 15.5. The van der Waals surface area contributed by atoms with Crippen LogP contribution in [0.1, 0.15) is 15.9 Å². The van der Waals surface area contributed by atoms with Crippen LogP contribution in [0.15, 0.2) is 73.1 Å². The van der Waals surface area contributed by atoms with Crippen molar-refractivity contribution in [1.29, 1.82) is 5.26 Å². The normalized spacial score (nSPS) is 10.9. The van der Waals surface area contributed by atoms with Gasteiger partial charge in [0.1, 0.15) is 6.07 Å². The van der Waals surface area contributed by atoms with E-state index < -0.39 is 11.8 Å². The summed E-state index contributed by atoms with van der Waals surface area (Å²) in [5.74, 6) is -0.619. The number of imidazole rings is 1. The number of nitriles is 1. The van der Waals surface area contributed by atoms with Crippen LogP contribution in [0.4, 0.5) is 11.4 Å². The third-order valence-electron chi connectivity index (χ3n) is 5.26. The standard InChI is InChI=1S/C26H19Cl2N5O2/c1-33-15-30-23-12-20(21(28)13-24(23)33)16-4-2-5-19(11-16)31-26(35)17-7-8-22(18(10-17)14-29)32-25(34)6-3-9-27/h2-8,10-13,15H,9H2,1H3,(H,31,35)(H,32,34). The Morgan fingerprint density at radius 2 is 1.97 bits per heavy atom. The molecule has 0 bridgehead atoms. The number of carbonyl (C=O) groups excluding carboxylic acids is 2. The molecule has 0 saturated carbocycles. The van der Waals surface area contributed by atoms with Crippen LogP contribution in [0.5, 0.6) is 0 Å². The van der Waals surface area contributed by atoms with Crippen LogP contribution < -0.4 is 10.6 Å². The second-order valence-corrected chi connectivity index (χ2v) is 8.35. The molecule has 4 rings (SSSR count). The van der Waals surface area contributed by atoms with Crippen LogP contribution in [0.3, 0.4) is 0 Å². The van der Waals surface area contributed by atoms with Crippen LogP contribution in [-0.2, 0) is 11.8 Å². The second kappa shape index (κ2) is 10.4. The average molecular weight is 504 g/mol. The molecule has 0 aliphatic heterocycles. The molecule has 3 aromatic carbocycles. The molecule has 7 nitrogen and oxygen atoms in total. The van der Waals surface area contributed by atoms with Crippen LogP contribution in [-0.4, -0.2) is 27.2 Å². The lowest BCUT2D eigenvalue weighted by molar-refractivity contribution is -0.111. The van der Waals surface area contributed by atoms with Gasteiger partial charge in [-0.1, -0.05) is 29.8 Å². The molecule has 2 amide bonds. The maximum Gasteiger partial charge on any atom is 0.255 e. The molecule has 0 aliphatic rings. The van der Waals surface area contributed by atoms with Crippen molar-refractivity contribution in [2.75, 3.05) is 16.5 Å². The van der Waals surface area contributed by atoms with Crippen LogP contribution in [0, 0.1) is 11.3 Å². The number of amides is 2. The summed E-state index contributed by atoms with van der Waals surface area (Å²) < 4.78 is 1.89. The molecule has 9 heteroatoms. The largest absolute Gasteiger partial charge is 0.334 e. The van der Waals surface area contributed by atoms with Crippen molar-refractivity contribution in [1.82, 2.24) is 9.55 Å². The number of nitrogens with one attached hydrogen (secondary N) is 2. The molecule has 0 atom stereocenters. The predicted molar refractivity (Wildman–Crippen MR) is 139 cm³/mol. The molecule has 35 heavy (non-hydrogen) atoms. The zero-order chi connectivity index (χ0) is 24.9. The molecule has 0 fully saturated rings. The Bertz CT molecular complexity index is 1520. The van der Waals surface area contributed by atoms with Gasteiger partial charge in [0, 0.05) is 35.8 Å². The summed E-state index contributed by atoms with van der Waals surface area (Å²) in [7, 11) is 1.90. The summed E-state index contributed by atoms with van der Waals surface area (Å²) >= 11 is 12.1. The van der Waals surface area contributed by atoms with Gasteiger partial charge in [-0.2, -0.15) is 5.26 Å². The van der Waals surface area contributed by atoms with Gasteiger partial charge in [-0.25, -0.2) is 4.98 Å². The number of anilines is 2. The topological polar surface area (TPSA) is 99.8 Å². The maximum atomic E-state index is 12.9. The molecule has 1 heterocycles. The highest BCUT2D eigenvalue weighted by molar-refractivity contribution is 6.34. The lowest BCUT2D eigenvalue weighted by Gasteiger charge is -2.11. The van der Waals surface area contributed by atoms with E-state index in [0.717, 1.165) is 22.2 Å². The molecule has 0 radical (unpaired) electrons. The number of aromatic nitrogens is 2. The van der Waals surface area contributed by atoms with Gasteiger partial charge in [0.15, 0.2) is 0 Å². The van der Waals surface area contributed by atoms with E-state index in [1.54, 1.807) is 12.4 Å². The second-order valence-electron chi connectivity index (χ2n) is 7.63. The van der Waals surface area contributed by atoms with Gasteiger partial charge in [-0.05, 0) is 48.0 Å². The number of benzene rings is 3. The number of aryl methyl sites for hydroxylation is 1. The van der Waals surface area contributed by atoms with Gasteiger partial charge in [0.05, 0.1) is 33.6 Å². The number of hydrogen-bond donors (Lipinski definition) is 2. The third kappa shape index (κ3) is 5.35. The number of fused-ring (bicyclic) bond motifs is 1. The van der Waals surface area contributed by atoms with Gasteiger partial charge in [-0.15, -0.1) is 11.6 Å². The van der Waals surface area contributed by atoms with E-state index in [4.69, 9.17) is 23.2 Å². The fraction of sp³-hybridized carbons (Fsp3) is 0.0769. The summed E-state index contributed by atoms with van der Waals surface area (Å²) in [4.78, 5) is 29.1. The van der Waals surface area contributed by atoms with E-state index in [1.165, 1.54) is 30.4 Å². The lowest BCUT2D eigenvalue weighted by atomic mass is 10.0. The highest BCUT2D eigenvalue weighted by Gasteiger charge is 2.13. The first kappa shape index (κ1) is 24.0. The molecule has 0 unspecified atom stereocenters. The van der Waals surface area contributed by atoms with Crippen LogP contribution >= 0.6 is 23.2 Å². The molecule has 1 aromatic heterocycles. The van der Waals surface area contributed by atoms with Crippen molar-refractivity contribution in [3.05, 3.63) is 89.2 Å². The monoisotopic (exact) mass is 503 g/mol. The summed E-state index contributed by atoms with van der Waals surface area (Å²) in [5.41, 5.74) is 4.65. The van der Waals surface area contributed by atoms with Gasteiger partial charge < -0.3 is 15.2 Å². The van der Waals surface area contributed by atoms with Gasteiger partial charge in [0.25, 0.3) is 5.91 Å². The summed E-state index contributed by atoms with van der Waals surface area (Å²) in [6, 6.07) is 17.5. The molecular formula is C26H19Cl2N5O2. The summed E-state index contributed by atoms with van der Waals surface area (Å²) in [6.07, 6.45) is 4.49. The number of carbonyl (C=O) groups is 2. The third-order valence-corrected chi connectivity index (χ3v) is 5.75. The minimum atomic E-state index is -0.418. The Labute approximate surface area is 211 Å². The molecule has 4 aromatic rings. The SMILES string of the molecule is Cn1cnc2cc(-c3cccc(NC(=O)c4ccc(NC(=O)C=CCCl)c(C#N)c4)c3)c(Cl)cc21. The van der Waals surface area contributed by atoms with E-state index in [9.17, 15) is 14.9 Å². The van der Waals surface area contributed by atoms with Crippen molar-refractivity contribution >= 4 is 57.4 Å². The van der Waals surface area contributed by atoms with E-state index in [0.29, 0.717) is 16.4 Å². The number of rotatable bonds is 6. The summed E-state index contributed by atoms with van der Waals surface area (Å²) in [6.45, 7) is 0. The molecular weight excluding hydrogens is 485 g/mol. The van der Waals surface area contributed by atoms with E-state index in [-0.39, 0.29) is 17.0 Å². The number of hydrogen-bond acceptors (Lipinski definition) is 4. The number of nitrogens with zero attached hydrogens (tertiary/aromatic N) is 3. The molecule has 0 aliphatic carbocycles. The highest BCUT2D eigenvalue weighted by Crippen LogP contribution is 2.33. The highest BCUT2D eigenvalue weighted by atomic mass is 35.5. The van der Waals surface area contributed by atoms with Crippen molar-refractivity contribution in [3.8, 4) is 17.2 Å². The van der Waals surface area contributed by atoms with E-state index >= 15 is 0 Å². The van der Waals surface area contributed by atoms with Crippen LogP contribution in [0.2, 0.25) is 5.02 Å². The van der Waals surface area contributed by atoms with Crippen molar-refractivity contribution in [3.63, 3.8) is 0 Å². The quantitative estimate of drug-likeness (QED) is 0.258. The first-order chi connectivity index (χ1) is 16.9. The van der Waals surface area contributed by atoms with Crippen molar-refractivity contribution < 1.29 is 9.59 Å². The molecule has 0 spiro atoms. The average Bonchev–Trinajstić information content (AvgIpc) is 3.21. The Balaban J connectivity index is 1.56. The van der Waals surface area contributed by atoms with E-state index in [2.05, 4.69) is 15.6 Å². The van der Waals surface area contributed by atoms with Crippen molar-refractivity contribution in [2.24, 2.45) is 7.05 Å². The molecule has 174 valence electrons. The minimum Gasteiger partial charge on any atom is -0.334 e. The van der Waals surface area contributed by atoms with E-state index in [1.807, 2.05) is 48.0 Å². The van der Waals surface area contributed by atoms with Gasteiger partial charge in [0.2, 0.25) is 5.91 Å². The smallest absolute Gasteiger partial charge is 0.255 e. The molecule has 0 saturated heterocycles. The maximum absolute atomic E-state index is 12.9. The Kier molecular flexibility index (Phi) is 7.16. The zero-order valence-corrected chi connectivity index (χ0v) is 20.1. The Morgan fingerprint density at radius 1 is 1.14 bits per heavy atom. The molecule has 2 N–H and O–H groups in total. The minimum absolute atomic E-state index is 0.162. The van der Waals surface area contributed by atoms with Crippen molar-refractivity contribution in [2.45, 2.75) is 0 Å². The first-order valence-corrected chi connectivity index (χ1v) is 11.4. The number of allylic oxidation sites excluding steroid dienone is 1. The Morgan fingerprint density at radius 3 is 2.74 bits per heavy atom.